The van der Waals surface area contributed by atoms with Crippen LogP contribution in [0.4, 0.5) is 4.79 Å². The number of benzene rings is 1. The Labute approximate surface area is 134 Å². The fraction of sp³-hybridized carbons (Fsp3) is 0.143. The van der Waals surface area contributed by atoms with E-state index in [-0.39, 0.29) is 11.5 Å². The van der Waals surface area contributed by atoms with Crippen molar-refractivity contribution in [3.05, 3.63) is 27.1 Å². The molecule has 1 aliphatic heterocycles. The minimum atomic E-state index is -0.438. The van der Waals surface area contributed by atoms with Crippen molar-refractivity contribution in [2.75, 3.05) is 13.7 Å². The highest BCUT2D eigenvalue weighted by molar-refractivity contribution is 9.10. The number of thioether (sulfide) groups is 1. The van der Waals surface area contributed by atoms with Gasteiger partial charge in [-0.05, 0) is 30.0 Å². The molecule has 1 aromatic rings. The molecule has 0 aromatic heterocycles. The lowest BCUT2D eigenvalue weighted by molar-refractivity contribution is -0.115. The molecule has 0 unspecified atom stereocenters. The molecular formula is C14H10BrNO4S. The first-order chi connectivity index (χ1) is 10.0. The van der Waals surface area contributed by atoms with E-state index >= 15 is 0 Å². The van der Waals surface area contributed by atoms with Gasteiger partial charge in [-0.15, -0.1) is 6.42 Å². The molecule has 1 N–H and O–H groups in total. The molecule has 7 heteroatoms. The van der Waals surface area contributed by atoms with Crippen LogP contribution in [0.15, 0.2) is 21.5 Å². The molecule has 108 valence electrons. The minimum absolute atomic E-state index is 0.0619. The Balaban J connectivity index is 2.49. The summed E-state index contributed by atoms with van der Waals surface area (Å²) in [5.74, 6) is 2.82. The molecular weight excluding hydrogens is 358 g/mol. The molecule has 5 nitrogen and oxygen atoms in total. The maximum atomic E-state index is 11.6. The largest absolute Gasteiger partial charge is 0.493 e. The van der Waals surface area contributed by atoms with Crippen LogP contribution in [0.3, 0.4) is 0 Å². The van der Waals surface area contributed by atoms with Crippen LogP contribution in [-0.2, 0) is 4.79 Å². The number of rotatable bonds is 4. The van der Waals surface area contributed by atoms with E-state index in [0.29, 0.717) is 17.1 Å². The summed E-state index contributed by atoms with van der Waals surface area (Å²) in [7, 11) is 1.50. The lowest BCUT2D eigenvalue weighted by Gasteiger charge is -2.12. The number of hydrogen-bond acceptors (Lipinski definition) is 5. The van der Waals surface area contributed by atoms with Crippen LogP contribution in [0.1, 0.15) is 5.56 Å². The molecule has 0 saturated carbocycles. The molecule has 1 aromatic carbocycles. The summed E-state index contributed by atoms with van der Waals surface area (Å²) < 4.78 is 11.5. The SMILES string of the molecule is C#CCOc1c(/C=C2\SC(=O)NC2=O)cc(Br)cc1OC. The number of methoxy groups -OCH3 is 1. The predicted molar refractivity (Wildman–Crippen MR) is 84.1 cm³/mol. The number of carbonyl (C=O) groups excluding carboxylic acids is 2. The quantitative estimate of drug-likeness (QED) is 0.654. The Bertz CT molecular complexity index is 678. The van der Waals surface area contributed by atoms with E-state index in [0.717, 1.165) is 16.2 Å². The van der Waals surface area contributed by atoms with Gasteiger partial charge >= 0.3 is 0 Å². The summed E-state index contributed by atoms with van der Waals surface area (Å²) in [6, 6.07) is 3.47. The number of terminal acetylenes is 1. The third-order valence-electron chi connectivity index (χ3n) is 2.50. The summed E-state index contributed by atoms with van der Waals surface area (Å²) in [4.78, 5) is 23.1. The van der Waals surface area contributed by atoms with E-state index in [1.54, 1.807) is 18.2 Å². The maximum Gasteiger partial charge on any atom is 0.290 e. The third-order valence-corrected chi connectivity index (χ3v) is 3.77. The van der Waals surface area contributed by atoms with Gasteiger partial charge in [0, 0.05) is 10.0 Å². The van der Waals surface area contributed by atoms with Crippen molar-refractivity contribution in [1.82, 2.24) is 5.32 Å². The van der Waals surface area contributed by atoms with E-state index in [4.69, 9.17) is 15.9 Å². The van der Waals surface area contributed by atoms with Crippen molar-refractivity contribution < 1.29 is 19.1 Å². The number of hydrogen-bond donors (Lipinski definition) is 1. The number of ether oxygens (including phenoxy) is 2. The fourth-order valence-corrected chi connectivity index (χ4v) is 2.81. The normalized spacial score (nSPS) is 15.8. The second-order valence-electron chi connectivity index (χ2n) is 3.87. The van der Waals surface area contributed by atoms with Gasteiger partial charge in [0.15, 0.2) is 11.5 Å². The van der Waals surface area contributed by atoms with E-state index in [1.807, 2.05) is 0 Å². The Morgan fingerprint density at radius 1 is 1.48 bits per heavy atom. The monoisotopic (exact) mass is 367 g/mol. The van der Waals surface area contributed by atoms with Gasteiger partial charge < -0.3 is 9.47 Å². The molecule has 0 aliphatic carbocycles. The summed E-state index contributed by atoms with van der Waals surface area (Å²) in [6.07, 6.45) is 6.76. The van der Waals surface area contributed by atoms with Gasteiger partial charge in [0.05, 0.1) is 12.0 Å². The van der Waals surface area contributed by atoms with Crippen molar-refractivity contribution in [1.29, 1.82) is 0 Å². The van der Waals surface area contributed by atoms with Crippen LogP contribution in [-0.4, -0.2) is 24.9 Å². The van der Waals surface area contributed by atoms with Gasteiger partial charge in [-0.3, -0.25) is 14.9 Å². The van der Waals surface area contributed by atoms with Gasteiger partial charge in [-0.2, -0.15) is 0 Å². The average Bonchev–Trinajstić information content (AvgIpc) is 2.75. The fourth-order valence-electron chi connectivity index (χ4n) is 1.68. The molecule has 21 heavy (non-hydrogen) atoms. The first kappa shape index (κ1) is 15.5. The van der Waals surface area contributed by atoms with Gasteiger partial charge in [-0.25, -0.2) is 0 Å². The Hall–Kier alpha value is -1.91. The lowest BCUT2D eigenvalue weighted by Crippen LogP contribution is -2.17. The van der Waals surface area contributed by atoms with E-state index in [1.165, 1.54) is 7.11 Å². The van der Waals surface area contributed by atoms with Crippen LogP contribution < -0.4 is 14.8 Å². The summed E-state index contributed by atoms with van der Waals surface area (Å²) in [5, 5.41) is 1.79. The minimum Gasteiger partial charge on any atom is -0.493 e. The van der Waals surface area contributed by atoms with E-state index in [9.17, 15) is 9.59 Å². The topological polar surface area (TPSA) is 64.6 Å². The zero-order valence-electron chi connectivity index (χ0n) is 10.9. The van der Waals surface area contributed by atoms with Crippen molar-refractivity contribution in [2.45, 2.75) is 0 Å². The molecule has 2 rings (SSSR count). The summed E-state index contributed by atoms with van der Waals surface area (Å²) >= 11 is 4.18. The predicted octanol–water partition coefficient (Wildman–Crippen LogP) is 2.79. The molecule has 0 spiro atoms. The molecule has 1 saturated heterocycles. The number of amides is 2. The lowest BCUT2D eigenvalue weighted by atomic mass is 10.1. The molecule has 1 fully saturated rings. The molecule has 1 aliphatic rings. The first-order valence-electron chi connectivity index (χ1n) is 5.73. The van der Waals surface area contributed by atoms with Crippen LogP contribution in [0.5, 0.6) is 11.5 Å². The smallest absolute Gasteiger partial charge is 0.290 e. The zero-order chi connectivity index (χ0) is 15.4. The summed E-state index contributed by atoms with van der Waals surface area (Å²) in [5.41, 5.74) is 0.587. The highest BCUT2D eigenvalue weighted by Gasteiger charge is 2.26. The van der Waals surface area contributed by atoms with Crippen molar-refractivity contribution in [2.24, 2.45) is 0 Å². The molecule has 0 radical (unpaired) electrons. The second kappa shape index (κ2) is 6.70. The Morgan fingerprint density at radius 3 is 2.81 bits per heavy atom. The average molecular weight is 368 g/mol. The van der Waals surface area contributed by atoms with Crippen LogP contribution in [0.2, 0.25) is 0 Å². The zero-order valence-corrected chi connectivity index (χ0v) is 13.3. The Kier molecular flexibility index (Phi) is 4.94. The van der Waals surface area contributed by atoms with Gasteiger partial charge in [0.1, 0.15) is 6.61 Å². The number of carbonyl (C=O) groups is 2. The third kappa shape index (κ3) is 3.60. The van der Waals surface area contributed by atoms with E-state index < -0.39 is 11.1 Å². The van der Waals surface area contributed by atoms with Crippen LogP contribution >= 0.6 is 27.7 Å². The van der Waals surface area contributed by atoms with Crippen LogP contribution in [0, 0.1) is 12.3 Å². The van der Waals surface area contributed by atoms with E-state index in [2.05, 4.69) is 27.2 Å². The highest BCUT2D eigenvalue weighted by atomic mass is 79.9. The van der Waals surface area contributed by atoms with Crippen LogP contribution in [0.25, 0.3) is 6.08 Å². The molecule has 2 amide bonds. The molecule has 1 heterocycles. The van der Waals surface area contributed by atoms with Crippen molar-refractivity contribution in [3.8, 4) is 23.8 Å². The number of nitrogens with one attached hydrogen (secondary N) is 1. The van der Waals surface area contributed by atoms with Gasteiger partial charge in [0.25, 0.3) is 11.1 Å². The van der Waals surface area contributed by atoms with Crippen molar-refractivity contribution in [3.63, 3.8) is 0 Å². The number of imide groups is 1. The van der Waals surface area contributed by atoms with Crippen molar-refractivity contribution >= 4 is 44.9 Å². The second-order valence-corrected chi connectivity index (χ2v) is 5.80. The number of halogens is 1. The Morgan fingerprint density at radius 2 is 2.24 bits per heavy atom. The molecule has 0 atom stereocenters. The maximum absolute atomic E-state index is 11.6. The summed E-state index contributed by atoms with van der Waals surface area (Å²) in [6.45, 7) is 0.0619. The van der Waals surface area contributed by atoms with Gasteiger partial charge in [-0.1, -0.05) is 21.9 Å². The molecule has 0 bridgehead atoms. The highest BCUT2D eigenvalue weighted by Crippen LogP contribution is 2.37. The standard InChI is InChI=1S/C14H10BrNO4S/c1-3-4-20-12-8(5-9(15)7-10(12)19-2)6-11-13(17)16-14(18)21-11/h1,5-7H,4H2,2H3,(H,16,17,18)/b11-6-. The first-order valence-corrected chi connectivity index (χ1v) is 7.34. The van der Waals surface area contributed by atoms with Gasteiger partial charge in [0.2, 0.25) is 0 Å².